The van der Waals surface area contributed by atoms with Crippen molar-refractivity contribution in [3.63, 3.8) is 0 Å². The van der Waals surface area contributed by atoms with Crippen LogP contribution >= 0.6 is 0 Å². The molecule has 0 saturated heterocycles. The van der Waals surface area contributed by atoms with Crippen LogP contribution in [0.3, 0.4) is 0 Å². The predicted molar refractivity (Wildman–Crippen MR) is 96.0 cm³/mol. The van der Waals surface area contributed by atoms with Gasteiger partial charge in [0.1, 0.15) is 6.54 Å². The van der Waals surface area contributed by atoms with Crippen LogP contribution < -0.4 is 5.32 Å². The summed E-state index contributed by atoms with van der Waals surface area (Å²) >= 11 is 0. The van der Waals surface area contributed by atoms with Gasteiger partial charge < -0.3 is 14.7 Å². The van der Waals surface area contributed by atoms with E-state index >= 15 is 0 Å². The lowest BCUT2D eigenvalue weighted by molar-refractivity contribution is 0.198. The van der Waals surface area contributed by atoms with Crippen LogP contribution in [-0.4, -0.2) is 39.6 Å². The summed E-state index contributed by atoms with van der Waals surface area (Å²) in [5.74, 6) is 1.58. The predicted octanol–water partition coefficient (Wildman–Crippen LogP) is 3.24. The first kappa shape index (κ1) is 17.0. The number of urea groups is 1. The van der Waals surface area contributed by atoms with E-state index in [-0.39, 0.29) is 6.03 Å². The lowest BCUT2D eigenvalue weighted by Gasteiger charge is -2.23. The quantitative estimate of drug-likeness (QED) is 0.890. The maximum Gasteiger partial charge on any atom is 0.317 e. The van der Waals surface area contributed by atoms with Crippen LogP contribution in [-0.2, 0) is 6.54 Å². The van der Waals surface area contributed by atoms with Crippen LogP contribution in [0.2, 0.25) is 0 Å². The molecule has 0 radical (unpaired) electrons. The zero-order valence-corrected chi connectivity index (χ0v) is 15.1. The van der Waals surface area contributed by atoms with Gasteiger partial charge in [0.05, 0.1) is 0 Å². The Bertz CT molecular complexity index is 754. The molecule has 4 rings (SSSR count). The standard InChI is InChI=1S/C19H25N5O2/c1-24(13-16-22-17(23-26-16)14-5-9-20-10-6-14)18(25)21-12-15-11-19(15)7-3-2-4-8-19/h5-6,9-10,15H,2-4,7-8,11-13H2,1H3,(H,21,25)/t15-/m0/s1. The van der Waals surface area contributed by atoms with E-state index in [2.05, 4.69) is 20.4 Å². The van der Waals surface area contributed by atoms with Gasteiger partial charge in [-0.15, -0.1) is 0 Å². The second-order valence-electron chi connectivity index (χ2n) is 7.61. The molecule has 2 aliphatic rings. The Morgan fingerprint density at radius 3 is 2.85 bits per heavy atom. The van der Waals surface area contributed by atoms with E-state index in [1.807, 2.05) is 12.1 Å². The topological polar surface area (TPSA) is 84.2 Å². The molecule has 2 aliphatic carbocycles. The van der Waals surface area contributed by atoms with Gasteiger partial charge in [-0.3, -0.25) is 4.98 Å². The van der Waals surface area contributed by atoms with Crippen molar-refractivity contribution in [2.24, 2.45) is 11.3 Å². The Labute approximate surface area is 153 Å². The molecule has 2 aromatic rings. The van der Waals surface area contributed by atoms with Crippen molar-refractivity contribution in [3.05, 3.63) is 30.4 Å². The molecule has 2 saturated carbocycles. The second kappa shape index (κ2) is 7.05. The van der Waals surface area contributed by atoms with Gasteiger partial charge in [0, 0.05) is 31.5 Å². The number of hydrogen-bond donors (Lipinski definition) is 1. The number of carbonyl (C=O) groups is 1. The maximum atomic E-state index is 12.3. The summed E-state index contributed by atoms with van der Waals surface area (Å²) in [4.78, 5) is 22.3. The number of nitrogens with one attached hydrogen (secondary N) is 1. The lowest BCUT2D eigenvalue weighted by Crippen LogP contribution is -2.38. The van der Waals surface area contributed by atoms with Crippen LogP contribution in [0.1, 0.15) is 44.4 Å². The molecule has 2 fully saturated rings. The van der Waals surface area contributed by atoms with Gasteiger partial charge >= 0.3 is 6.03 Å². The van der Waals surface area contributed by atoms with Crippen molar-refractivity contribution in [2.75, 3.05) is 13.6 Å². The van der Waals surface area contributed by atoms with Gasteiger partial charge in [0.15, 0.2) is 0 Å². The fourth-order valence-electron chi connectivity index (χ4n) is 4.15. The van der Waals surface area contributed by atoms with E-state index in [9.17, 15) is 4.79 Å². The van der Waals surface area contributed by atoms with Gasteiger partial charge in [-0.1, -0.05) is 24.4 Å². The molecule has 1 N–H and O–H groups in total. The summed E-state index contributed by atoms with van der Waals surface area (Å²) in [5.41, 5.74) is 1.38. The van der Waals surface area contributed by atoms with Crippen molar-refractivity contribution in [2.45, 2.75) is 45.1 Å². The average molecular weight is 355 g/mol. The normalized spacial score (nSPS) is 20.7. The van der Waals surface area contributed by atoms with Crippen molar-refractivity contribution in [1.29, 1.82) is 0 Å². The minimum atomic E-state index is -0.0912. The highest BCUT2D eigenvalue weighted by atomic mass is 16.5. The Balaban J connectivity index is 1.26. The molecule has 0 aliphatic heterocycles. The summed E-state index contributed by atoms with van der Waals surface area (Å²) in [6.07, 6.45) is 11.4. The second-order valence-corrected chi connectivity index (χ2v) is 7.61. The minimum Gasteiger partial charge on any atom is -0.338 e. The monoisotopic (exact) mass is 355 g/mol. The number of aromatic nitrogens is 3. The van der Waals surface area contributed by atoms with E-state index in [1.165, 1.54) is 38.5 Å². The number of amides is 2. The molecular formula is C19H25N5O2. The summed E-state index contributed by atoms with van der Waals surface area (Å²) in [6.45, 7) is 1.06. The molecule has 0 unspecified atom stereocenters. The number of carbonyl (C=O) groups excluding carboxylic acids is 1. The largest absolute Gasteiger partial charge is 0.338 e. The molecule has 7 heteroatoms. The molecular weight excluding hydrogens is 330 g/mol. The minimum absolute atomic E-state index is 0.0912. The zero-order chi connectivity index (χ0) is 18.0. The molecule has 0 aromatic carbocycles. The molecule has 1 atom stereocenters. The van der Waals surface area contributed by atoms with Crippen molar-refractivity contribution in [3.8, 4) is 11.4 Å². The summed E-state index contributed by atoms with van der Waals surface area (Å²) < 4.78 is 5.26. The van der Waals surface area contributed by atoms with Gasteiger partial charge in [-0.25, -0.2) is 4.79 Å². The van der Waals surface area contributed by atoms with Crippen LogP contribution in [0.4, 0.5) is 4.79 Å². The lowest BCUT2D eigenvalue weighted by atomic mass is 9.84. The highest BCUT2D eigenvalue weighted by Gasteiger charge is 2.53. The fourth-order valence-corrected chi connectivity index (χ4v) is 4.15. The van der Waals surface area contributed by atoms with Gasteiger partial charge in [0.25, 0.3) is 0 Å². The average Bonchev–Trinajstić information content (AvgIpc) is 3.11. The summed E-state index contributed by atoms with van der Waals surface area (Å²) in [7, 11) is 1.74. The smallest absolute Gasteiger partial charge is 0.317 e. The summed E-state index contributed by atoms with van der Waals surface area (Å²) in [6, 6.07) is 3.55. The Kier molecular flexibility index (Phi) is 4.61. The SMILES string of the molecule is CN(Cc1nc(-c2ccncc2)no1)C(=O)NC[C@@H]1CC12CCCCC2. The van der Waals surface area contributed by atoms with Crippen LogP contribution in [0.25, 0.3) is 11.4 Å². The Morgan fingerprint density at radius 1 is 1.31 bits per heavy atom. The third-order valence-corrected chi connectivity index (χ3v) is 5.83. The molecule has 2 aromatic heterocycles. The Hall–Kier alpha value is -2.44. The summed E-state index contributed by atoms with van der Waals surface area (Å²) in [5, 5.41) is 7.03. The first-order valence-electron chi connectivity index (χ1n) is 9.38. The molecule has 7 nitrogen and oxygen atoms in total. The molecule has 138 valence electrons. The van der Waals surface area contributed by atoms with E-state index in [0.717, 1.165) is 12.1 Å². The first-order valence-corrected chi connectivity index (χ1v) is 9.38. The van der Waals surface area contributed by atoms with E-state index < -0.39 is 0 Å². The number of pyridine rings is 1. The van der Waals surface area contributed by atoms with E-state index in [4.69, 9.17) is 4.52 Å². The molecule has 2 amide bonds. The van der Waals surface area contributed by atoms with E-state index in [0.29, 0.717) is 29.6 Å². The van der Waals surface area contributed by atoms with Crippen LogP contribution in [0, 0.1) is 11.3 Å². The fraction of sp³-hybridized carbons (Fsp3) is 0.579. The van der Waals surface area contributed by atoms with Gasteiger partial charge in [-0.2, -0.15) is 4.98 Å². The number of rotatable bonds is 5. The van der Waals surface area contributed by atoms with Gasteiger partial charge in [0.2, 0.25) is 11.7 Å². The number of hydrogen-bond acceptors (Lipinski definition) is 5. The zero-order valence-electron chi connectivity index (χ0n) is 15.1. The maximum absolute atomic E-state index is 12.3. The van der Waals surface area contributed by atoms with Crippen molar-refractivity contribution in [1.82, 2.24) is 25.3 Å². The van der Waals surface area contributed by atoms with Gasteiger partial charge in [-0.05, 0) is 42.7 Å². The Morgan fingerprint density at radius 2 is 2.08 bits per heavy atom. The third kappa shape index (κ3) is 3.57. The molecule has 0 bridgehead atoms. The first-order chi connectivity index (χ1) is 12.7. The number of nitrogens with zero attached hydrogens (tertiary/aromatic N) is 4. The van der Waals surface area contributed by atoms with Crippen molar-refractivity contribution < 1.29 is 9.32 Å². The molecule has 2 heterocycles. The third-order valence-electron chi connectivity index (χ3n) is 5.83. The van der Waals surface area contributed by atoms with Crippen LogP contribution in [0.5, 0.6) is 0 Å². The molecule has 1 spiro atoms. The van der Waals surface area contributed by atoms with Crippen molar-refractivity contribution >= 4 is 6.03 Å². The highest BCUT2D eigenvalue weighted by molar-refractivity contribution is 5.73. The van der Waals surface area contributed by atoms with E-state index in [1.54, 1.807) is 24.3 Å². The highest BCUT2D eigenvalue weighted by Crippen LogP contribution is 2.60. The van der Waals surface area contributed by atoms with Crippen LogP contribution in [0.15, 0.2) is 29.0 Å². The molecule has 26 heavy (non-hydrogen) atoms.